The molecule has 3 N–H and O–H groups in total. The van der Waals surface area contributed by atoms with Gasteiger partial charge in [0.25, 0.3) is 5.91 Å². The lowest BCUT2D eigenvalue weighted by Crippen LogP contribution is -2.12. The number of thiazole rings is 1. The highest BCUT2D eigenvalue weighted by Gasteiger charge is 2.13. The number of ether oxygens (including phenoxy) is 1. The highest BCUT2D eigenvalue weighted by molar-refractivity contribution is 8.01. The molecular formula is C16H19N3O3S2. The van der Waals surface area contributed by atoms with Gasteiger partial charge in [-0.25, -0.2) is 4.98 Å². The molecule has 24 heavy (non-hydrogen) atoms. The van der Waals surface area contributed by atoms with Crippen LogP contribution in [0.5, 0.6) is 5.75 Å². The normalized spacial score (nSPS) is 10.7. The van der Waals surface area contributed by atoms with Crippen LogP contribution in [0.15, 0.2) is 28.5 Å². The van der Waals surface area contributed by atoms with E-state index < -0.39 is 0 Å². The number of nitrogens with two attached hydrogens (primary N) is 1. The second-order valence-electron chi connectivity index (χ2n) is 5.29. The number of anilines is 1. The second-order valence-corrected chi connectivity index (χ2v) is 7.54. The Bertz CT molecular complexity index is 727. The number of primary amides is 1. The van der Waals surface area contributed by atoms with Crippen LogP contribution < -0.4 is 15.8 Å². The van der Waals surface area contributed by atoms with Crippen molar-refractivity contribution in [3.05, 3.63) is 35.5 Å². The maximum absolute atomic E-state index is 12.3. The summed E-state index contributed by atoms with van der Waals surface area (Å²) in [4.78, 5) is 27.4. The number of nitrogens with one attached hydrogen (secondary N) is 1. The Kier molecular flexibility index (Phi) is 6.22. The van der Waals surface area contributed by atoms with Gasteiger partial charge in [0, 0.05) is 5.56 Å². The molecule has 0 saturated carbocycles. The minimum absolute atomic E-state index is 0.0827. The summed E-state index contributed by atoms with van der Waals surface area (Å²) in [5.74, 6) is 0.276. The molecule has 0 aliphatic heterocycles. The van der Waals surface area contributed by atoms with E-state index >= 15 is 0 Å². The number of thioether (sulfide) groups is 1. The summed E-state index contributed by atoms with van der Waals surface area (Å²) in [5, 5.41) is 3.26. The van der Waals surface area contributed by atoms with Crippen molar-refractivity contribution >= 4 is 40.0 Å². The summed E-state index contributed by atoms with van der Waals surface area (Å²) in [6, 6.07) is 6.93. The topological polar surface area (TPSA) is 94.3 Å². The van der Waals surface area contributed by atoms with Crippen molar-refractivity contribution in [3.8, 4) is 5.75 Å². The average Bonchev–Trinajstić information content (AvgIpc) is 2.85. The number of benzene rings is 1. The number of amides is 2. The van der Waals surface area contributed by atoms with Gasteiger partial charge in [0.15, 0.2) is 5.13 Å². The van der Waals surface area contributed by atoms with E-state index in [9.17, 15) is 9.59 Å². The fraction of sp³-hybridized carbons (Fsp3) is 0.312. The molecule has 8 heteroatoms. The maximum atomic E-state index is 12.3. The number of hydrogen-bond acceptors (Lipinski definition) is 6. The molecular weight excluding hydrogens is 346 g/mol. The summed E-state index contributed by atoms with van der Waals surface area (Å²) < 4.78 is 6.42. The first-order valence-corrected chi connectivity index (χ1v) is 9.12. The minimum Gasteiger partial charge on any atom is -0.491 e. The lowest BCUT2D eigenvalue weighted by atomic mass is 10.2. The van der Waals surface area contributed by atoms with Gasteiger partial charge in [-0.2, -0.15) is 0 Å². The molecule has 0 saturated heterocycles. The van der Waals surface area contributed by atoms with Crippen LogP contribution in [0.2, 0.25) is 0 Å². The SMILES string of the molecule is Cc1nc(NC(=O)c2ccc(OC(C)C)cc2)sc1SCC(N)=O. The van der Waals surface area contributed by atoms with E-state index in [0.29, 0.717) is 10.7 Å². The highest BCUT2D eigenvalue weighted by atomic mass is 32.2. The zero-order chi connectivity index (χ0) is 17.7. The van der Waals surface area contributed by atoms with Crippen LogP contribution in [-0.2, 0) is 4.79 Å². The molecule has 1 heterocycles. The molecule has 0 spiro atoms. The first-order valence-electron chi connectivity index (χ1n) is 7.31. The molecule has 0 aliphatic rings. The third-order valence-electron chi connectivity index (χ3n) is 2.81. The standard InChI is InChI=1S/C16H19N3O3S2/c1-9(2)22-12-6-4-11(5-7-12)14(21)19-16-18-10(3)15(24-16)23-8-13(17)20/h4-7,9H,8H2,1-3H3,(H2,17,20)(H,18,19,21). The second kappa shape index (κ2) is 8.16. The molecule has 0 atom stereocenters. The maximum Gasteiger partial charge on any atom is 0.257 e. The van der Waals surface area contributed by atoms with Crippen LogP contribution in [0.25, 0.3) is 0 Å². The van der Waals surface area contributed by atoms with Crippen molar-refractivity contribution in [1.29, 1.82) is 0 Å². The number of aryl methyl sites for hydroxylation is 1. The fourth-order valence-electron chi connectivity index (χ4n) is 1.83. The highest BCUT2D eigenvalue weighted by Crippen LogP contribution is 2.32. The van der Waals surface area contributed by atoms with Crippen LogP contribution in [0.1, 0.15) is 29.9 Å². The van der Waals surface area contributed by atoms with Crippen LogP contribution in [0.3, 0.4) is 0 Å². The average molecular weight is 365 g/mol. The monoisotopic (exact) mass is 365 g/mol. The van der Waals surface area contributed by atoms with E-state index in [2.05, 4.69) is 10.3 Å². The number of carbonyl (C=O) groups is 2. The summed E-state index contributed by atoms with van der Waals surface area (Å²) in [6.07, 6.45) is 0.0827. The van der Waals surface area contributed by atoms with Crippen LogP contribution in [-0.4, -0.2) is 28.7 Å². The molecule has 0 aliphatic carbocycles. The predicted octanol–water partition coefficient (Wildman–Crippen LogP) is 3.07. The molecule has 1 aromatic carbocycles. The predicted molar refractivity (Wildman–Crippen MR) is 96.9 cm³/mol. The van der Waals surface area contributed by atoms with Gasteiger partial charge in [-0.3, -0.25) is 14.9 Å². The van der Waals surface area contributed by atoms with Crippen molar-refractivity contribution in [3.63, 3.8) is 0 Å². The fourth-order valence-corrected chi connectivity index (χ4v) is 3.71. The Hall–Kier alpha value is -2.06. The molecule has 2 amide bonds. The van der Waals surface area contributed by atoms with Crippen molar-refractivity contribution in [2.45, 2.75) is 31.1 Å². The molecule has 2 aromatic rings. The minimum atomic E-state index is -0.387. The zero-order valence-corrected chi connectivity index (χ0v) is 15.3. The quantitative estimate of drug-likeness (QED) is 0.735. The molecule has 0 radical (unpaired) electrons. The van der Waals surface area contributed by atoms with Gasteiger partial charge in [0.1, 0.15) is 5.75 Å². The van der Waals surface area contributed by atoms with Crippen molar-refractivity contribution in [1.82, 2.24) is 4.98 Å². The molecule has 0 fully saturated rings. The summed E-state index contributed by atoms with van der Waals surface area (Å²) >= 11 is 2.64. The summed E-state index contributed by atoms with van der Waals surface area (Å²) in [5.41, 5.74) is 6.43. The third kappa shape index (κ3) is 5.24. The van der Waals surface area contributed by atoms with Gasteiger partial charge in [-0.15, -0.1) is 11.8 Å². The first kappa shape index (κ1) is 18.3. The summed E-state index contributed by atoms with van der Waals surface area (Å²) in [7, 11) is 0. The van der Waals surface area contributed by atoms with Gasteiger partial charge in [-0.1, -0.05) is 11.3 Å². The van der Waals surface area contributed by atoms with E-state index in [4.69, 9.17) is 10.5 Å². The van der Waals surface area contributed by atoms with Crippen molar-refractivity contribution in [2.24, 2.45) is 5.73 Å². The Morgan fingerprint density at radius 2 is 2.00 bits per heavy atom. The Labute approximate surface area is 148 Å². The number of nitrogens with zero attached hydrogens (tertiary/aromatic N) is 1. The van der Waals surface area contributed by atoms with E-state index in [-0.39, 0.29) is 23.7 Å². The molecule has 128 valence electrons. The van der Waals surface area contributed by atoms with Gasteiger partial charge in [0.05, 0.1) is 21.8 Å². The first-order chi connectivity index (χ1) is 11.3. The number of aromatic nitrogens is 1. The molecule has 6 nitrogen and oxygen atoms in total. The van der Waals surface area contributed by atoms with Gasteiger partial charge < -0.3 is 10.5 Å². The zero-order valence-electron chi connectivity index (χ0n) is 13.7. The van der Waals surface area contributed by atoms with Crippen molar-refractivity contribution in [2.75, 3.05) is 11.1 Å². The Balaban J connectivity index is 2.01. The van der Waals surface area contributed by atoms with Crippen molar-refractivity contribution < 1.29 is 14.3 Å². The lowest BCUT2D eigenvalue weighted by molar-refractivity contribution is -0.115. The van der Waals surface area contributed by atoms with E-state index in [1.54, 1.807) is 24.3 Å². The Morgan fingerprint density at radius 1 is 1.33 bits per heavy atom. The van der Waals surface area contributed by atoms with E-state index in [1.165, 1.54) is 23.1 Å². The lowest BCUT2D eigenvalue weighted by Gasteiger charge is -2.09. The number of carbonyl (C=O) groups excluding carboxylic acids is 2. The van der Waals surface area contributed by atoms with Crippen LogP contribution in [0, 0.1) is 6.92 Å². The number of hydrogen-bond donors (Lipinski definition) is 2. The van der Waals surface area contributed by atoms with Gasteiger partial charge in [-0.05, 0) is 45.0 Å². The van der Waals surface area contributed by atoms with Crippen LogP contribution >= 0.6 is 23.1 Å². The smallest absolute Gasteiger partial charge is 0.257 e. The Morgan fingerprint density at radius 3 is 2.58 bits per heavy atom. The number of rotatable bonds is 7. The third-order valence-corrected chi connectivity index (χ3v) is 5.27. The van der Waals surface area contributed by atoms with Gasteiger partial charge >= 0.3 is 0 Å². The molecule has 0 bridgehead atoms. The molecule has 1 aromatic heterocycles. The summed E-state index contributed by atoms with van der Waals surface area (Å²) in [6.45, 7) is 5.71. The molecule has 2 rings (SSSR count). The van der Waals surface area contributed by atoms with Crippen LogP contribution in [0.4, 0.5) is 5.13 Å². The van der Waals surface area contributed by atoms with E-state index in [0.717, 1.165) is 15.7 Å². The molecule has 0 unspecified atom stereocenters. The van der Waals surface area contributed by atoms with E-state index in [1.807, 2.05) is 20.8 Å². The van der Waals surface area contributed by atoms with Gasteiger partial charge in [0.2, 0.25) is 5.91 Å². The largest absolute Gasteiger partial charge is 0.491 e.